The van der Waals surface area contributed by atoms with Crippen molar-refractivity contribution in [1.82, 2.24) is 15.5 Å². The van der Waals surface area contributed by atoms with Gasteiger partial charge in [-0.15, -0.1) is 0 Å². The van der Waals surface area contributed by atoms with Crippen LogP contribution in [0.25, 0.3) is 0 Å². The lowest BCUT2D eigenvalue weighted by Gasteiger charge is -2.42. The van der Waals surface area contributed by atoms with E-state index in [1.807, 2.05) is 0 Å². The zero-order valence-electron chi connectivity index (χ0n) is 15.9. The van der Waals surface area contributed by atoms with Crippen LogP contribution in [0.2, 0.25) is 5.02 Å². The number of anilines is 1. The molecule has 0 saturated carbocycles. The standard InChI is InChI=1S/C19H26ClFN4O2/c1-12(9-19(3)17(26)22-18(27)23-19)10-24-6-7-25(13(2)11-24)14-4-5-16(21)15(20)8-14/h4-5,8,12-13H,6-7,9-11H2,1-3H3,(H2,22,23,26,27)/t12-,13-,19+/m0/s1. The fourth-order valence-corrected chi connectivity index (χ4v) is 4.35. The third-order valence-electron chi connectivity index (χ3n) is 5.39. The van der Waals surface area contributed by atoms with Crippen LogP contribution in [0.4, 0.5) is 14.9 Å². The van der Waals surface area contributed by atoms with Crippen molar-refractivity contribution in [3.8, 4) is 0 Å². The predicted octanol–water partition coefficient (Wildman–Crippen LogP) is 2.61. The number of nitrogens with zero attached hydrogens (tertiary/aromatic N) is 2. The first-order valence-electron chi connectivity index (χ1n) is 9.25. The van der Waals surface area contributed by atoms with Crippen molar-refractivity contribution in [2.45, 2.75) is 38.8 Å². The lowest BCUT2D eigenvalue weighted by molar-refractivity contribution is -0.124. The molecule has 1 aromatic carbocycles. The summed E-state index contributed by atoms with van der Waals surface area (Å²) in [6.45, 7) is 9.42. The van der Waals surface area contributed by atoms with Crippen molar-refractivity contribution in [2.75, 3.05) is 31.1 Å². The summed E-state index contributed by atoms with van der Waals surface area (Å²) in [6, 6.07) is 4.68. The van der Waals surface area contributed by atoms with E-state index >= 15 is 0 Å². The molecule has 0 aromatic heterocycles. The maximum atomic E-state index is 13.4. The average molecular weight is 397 g/mol. The minimum Gasteiger partial charge on any atom is -0.366 e. The van der Waals surface area contributed by atoms with E-state index in [0.29, 0.717) is 6.42 Å². The fourth-order valence-electron chi connectivity index (χ4n) is 4.17. The molecule has 148 valence electrons. The third-order valence-corrected chi connectivity index (χ3v) is 5.68. The SMILES string of the molecule is C[C@H](CN1CCN(c2ccc(F)c(Cl)c2)[C@@H](C)C1)C[C@@]1(C)NC(=O)NC1=O. The van der Waals surface area contributed by atoms with Gasteiger partial charge in [-0.3, -0.25) is 15.0 Å². The largest absolute Gasteiger partial charge is 0.366 e. The Labute approximate surface area is 164 Å². The number of piperazine rings is 1. The number of imide groups is 1. The first kappa shape index (κ1) is 19.9. The molecular weight excluding hydrogens is 371 g/mol. The maximum Gasteiger partial charge on any atom is 0.322 e. The summed E-state index contributed by atoms with van der Waals surface area (Å²) in [5.41, 5.74) is 0.0916. The van der Waals surface area contributed by atoms with Gasteiger partial charge in [-0.2, -0.15) is 0 Å². The summed E-state index contributed by atoms with van der Waals surface area (Å²) in [5.74, 6) is -0.416. The van der Waals surface area contributed by atoms with Crippen molar-refractivity contribution in [2.24, 2.45) is 5.92 Å². The monoisotopic (exact) mass is 396 g/mol. The van der Waals surface area contributed by atoms with Gasteiger partial charge in [0.1, 0.15) is 11.4 Å². The van der Waals surface area contributed by atoms with Gasteiger partial charge in [0.2, 0.25) is 0 Å². The number of hydrogen-bond donors (Lipinski definition) is 2. The Bertz CT molecular complexity index is 746. The molecule has 0 unspecified atom stereocenters. The number of urea groups is 1. The second-order valence-electron chi connectivity index (χ2n) is 7.95. The van der Waals surface area contributed by atoms with E-state index in [2.05, 4.69) is 34.3 Å². The van der Waals surface area contributed by atoms with Gasteiger partial charge in [-0.25, -0.2) is 9.18 Å². The predicted molar refractivity (Wildman–Crippen MR) is 104 cm³/mol. The molecule has 0 bridgehead atoms. The van der Waals surface area contributed by atoms with Crippen molar-refractivity contribution < 1.29 is 14.0 Å². The van der Waals surface area contributed by atoms with E-state index in [1.165, 1.54) is 6.07 Å². The topological polar surface area (TPSA) is 64.7 Å². The number of nitrogens with one attached hydrogen (secondary N) is 2. The highest BCUT2D eigenvalue weighted by molar-refractivity contribution is 6.31. The molecule has 0 spiro atoms. The highest BCUT2D eigenvalue weighted by Crippen LogP contribution is 2.27. The first-order valence-corrected chi connectivity index (χ1v) is 9.63. The van der Waals surface area contributed by atoms with Crippen LogP contribution in [0.15, 0.2) is 18.2 Å². The van der Waals surface area contributed by atoms with E-state index in [9.17, 15) is 14.0 Å². The van der Waals surface area contributed by atoms with Crippen LogP contribution >= 0.6 is 11.6 Å². The number of hydrogen-bond acceptors (Lipinski definition) is 4. The van der Waals surface area contributed by atoms with E-state index in [0.717, 1.165) is 31.9 Å². The van der Waals surface area contributed by atoms with Crippen LogP contribution < -0.4 is 15.5 Å². The average Bonchev–Trinajstić information content (AvgIpc) is 2.82. The Balaban J connectivity index is 1.55. The van der Waals surface area contributed by atoms with E-state index in [1.54, 1.807) is 19.1 Å². The second-order valence-corrected chi connectivity index (χ2v) is 8.36. The lowest BCUT2D eigenvalue weighted by Crippen LogP contribution is -2.53. The van der Waals surface area contributed by atoms with Crippen LogP contribution in [-0.2, 0) is 4.79 Å². The summed E-state index contributed by atoms with van der Waals surface area (Å²) in [6.07, 6.45) is 0.590. The van der Waals surface area contributed by atoms with Gasteiger partial charge in [0.05, 0.1) is 5.02 Å². The molecule has 2 fully saturated rings. The summed E-state index contributed by atoms with van der Waals surface area (Å²) in [7, 11) is 0. The highest BCUT2D eigenvalue weighted by Gasteiger charge is 2.42. The van der Waals surface area contributed by atoms with E-state index in [-0.39, 0.29) is 22.9 Å². The van der Waals surface area contributed by atoms with Gasteiger partial charge < -0.3 is 10.2 Å². The molecule has 2 aliphatic heterocycles. The molecule has 8 heteroatoms. The number of halogens is 2. The van der Waals surface area contributed by atoms with Gasteiger partial charge in [0, 0.05) is 37.9 Å². The number of carbonyl (C=O) groups excluding carboxylic acids is 2. The van der Waals surface area contributed by atoms with Crippen molar-refractivity contribution >= 4 is 29.2 Å². The quantitative estimate of drug-likeness (QED) is 0.751. The Hall–Kier alpha value is -1.86. The van der Waals surface area contributed by atoms with Crippen LogP contribution in [0.5, 0.6) is 0 Å². The van der Waals surface area contributed by atoms with Gasteiger partial charge in [-0.1, -0.05) is 18.5 Å². The van der Waals surface area contributed by atoms with Gasteiger partial charge in [0.25, 0.3) is 5.91 Å². The van der Waals surface area contributed by atoms with Gasteiger partial charge in [-0.05, 0) is 44.4 Å². The van der Waals surface area contributed by atoms with Crippen molar-refractivity contribution in [1.29, 1.82) is 0 Å². The second kappa shape index (κ2) is 7.64. The highest BCUT2D eigenvalue weighted by atomic mass is 35.5. The molecule has 2 aliphatic rings. The molecule has 2 heterocycles. The van der Waals surface area contributed by atoms with Crippen LogP contribution in [-0.4, -0.2) is 54.6 Å². The minimum atomic E-state index is -0.838. The normalized spacial score (nSPS) is 27.4. The number of rotatable bonds is 5. The van der Waals surface area contributed by atoms with Crippen molar-refractivity contribution in [3.63, 3.8) is 0 Å². The summed E-state index contributed by atoms with van der Waals surface area (Å²) < 4.78 is 13.4. The summed E-state index contributed by atoms with van der Waals surface area (Å²) >= 11 is 5.92. The molecule has 2 N–H and O–H groups in total. The van der Waals surface area contributed by atoms with Crippen LogP contribution in [0.3, 0.4) is 0 Å². The Morgan fingerprint density at radius 1 is 1.37 bits per heavy atom. The lowest BCUT2D eigenvalue weighted by atomic mass is 9.89. The summed E-state index contributed by atoms with van der Waals surface area (Å²) in [4.78, 5) is 28.0. The third kappa shape index (κ3) is 4.35. The molecule has 3 rings (SSSR count). The summed E-state index contributed by atoms with van der Waals surface area (Å²) in [5, 5.41) is 5.17. The maximum absolute atomic E-state index is 13.4. The van der Waals surface area contributed by atoms with Crippen molar-refractivity contribution in [3.05, 3.63) is 29.0 Å². The van der Waals surface area contributed by atoms with Gasteiger partial charge >= 0.3 is 6.03 Å². The number of carbonyl (C=O) groups is 2. The molecular formula is C19H26ClFN4O2. The Morgan fingerprint density at radius 3 is 2.70 bits per heavy atom. The molecule has 2 saturated heterocycles. The van der Waals surface area contributed by atoms with Gasteiger partial charge in [0.15, 0.2) is 0 Å². The molecule has 6 nitrogen and oxygen atoms in total. The van der Waals surface area contributed by atoms with Crippen LogP contribution in [0, 0.1) is 11.7 Å². The van der Waals surface area contributed by atoms with Crippen LogP contribution in [0.1, 0.15) is 27.2 Å². The molecule has 3 atom stereocenters. The molecule has 1 aromatic rings. The Kier molecular flexibility index (Phi) is 5.63. The molecule has 0 aliphatic carbocycles. The smallest absolute Gasteiger partial charge is 0.322 e. The first-order chi connectivity index (χ1) is 12.7. The molecule has 0 radical (unpaired) electrons. The molecule has 3 amide bonds. The fraction of sp³-hybridized carbons (Fsp3) is 0.579. The zero-order chi connectivity index (χ0) is 19.8. The number of amides is 3. The molecule has 27 heavy (non-hydrogen) atoms. The minimum absolute atomic E-state index is 0.140. The number of benzene rings is 1. The van der Waals surface area contributed by atoms with E-state index < -0.39 is 17.4 Å². The zero-order valence-corrected chi connectivity index (χ0v) is 16.6. The Morgan fingerprint density at radius 2 is 2.11 bits per heavy atom. The van der Waals surface area contributed by atoms with E-state index in [4.69, 9.17) is 11.6 Å².